The highest BCUT2D eigenvalue weighted by Crippen LogP contribution is 2.42. The second-order valence-corrected chi connectivity index (χ2v) is 9.85. The molecule has 0 spiro atoms. The largest absolute Gasteiger partial charge is 0.497 e. The third-order valence-corrected chi connectivity index (χ3v) is 7.32. The van der Waals surface area contributed by atoms with E-state index in [9.17, 15) is 32.6 Å². The Morgan fingerprint density at radius 3 is 2.46 bits per heavy atom. The molecule has 0 radical (unpaired) electrons. The molecule has 10 heteroatoms. The first kappa shape index (κ1) is 28.3. The maximum atomic E-state index is 14.8. The quantitative estimate of drug-likeness (QED) is 0.299. The number of aliphatic hydroxyl groups is 1. The molecule has 3 aromatic rings. The van der Waals surface area contributed by atoms with E-state index in [1.807, 2.05) is 4.90 Å². The number of piperidine rings is 1. The molecule has 0 aliphatic carbocycles. The van der Waals surface area contributed by atoms with Crippen molar-refractivity contribution in [3.8, 4) is 17.6 Å². The van der Waals surface area contributed by atoms with Crippen molar-refractivity contribution >= 4 is 16.9 Å². The Morgan fingerprint density at radius 1 is 1.13 bits per heavy atom. The predicted octanol–water partition coefficient (Wildman–Crippen LogP) is 5.22. The number of hydrogen-bond donors (Lipinski definition) is 2. The van der Waals surface area contributed by atoms with Gasteiger partial charge in [-0.2, -0.15) is 0 Å². The van der Waals surface area contributed by atoms with Crippen molar-refractivity contribution in [3.05, 3.63) is 70.9 Å². The fourth-order valence-corrected chi connectivity index (χ4v) is 5.14. The summed E-state index contributed by atoms with van der Waals surface area (Å²) >= 11 is 0. The summed E-state index contributed by atoms with van der Waals surface area (Å²) in [6, 6.07) is 6.11. The molecule has 206 valence electrons. The number of nitrogens with zero attached hydrogens (tertiary/aromatic N) is 2. The predicted molar refractivity (Wildman–Crippen MR) is 136 cm³/mol. The van der Waals surface area contributed by atoms with Crippen LogP contribution in [0.5, 0.6) is 5.75 Å². The van der Waals surface area contributed by atoms with Crippen molar-refractivity contribution < 1.29 is 37.3 Å². The number of aromatic nitrogens is 1. The van der Waals surface area contributed by atoms with Gasteiger partial charge in [0.2, 0.25) is 0 Å². The first-order valence-corrected chi connectivity index (χ1v) is 12.5. The summed E-state index contributed by atoms with van der Waals surface area (Å²) in [7, 11) is 1.48. The number of pyridine rings is 1. The molecular formula is C29H28F4N2O4. The van der Waals surface area contributed by atoms with Crippen LogP contribution in [0.15, 0.2) is 36.5 Å². The van der Waals surface area contributed by atoms with Crippen LogP contribution in [0.4, 0.5) is 17.6 Å². The van der Waals surface area contributed by atoms with Crippen molar-refractivity contribution in [1.82, 2.24) is 9.88 Å². The smallest absolute Gasteiger partial charge is 0.303 e. The lowest BCUT2D eigenvalue weighted by Crippen LogP contribution is -2.41. The summed E-state index contributed by atoms with van der Waals surface area (Å²) in [4.78, 5) is 17.7. The Morgan fingerprint density at radius 2 is 1.82 bits per heavy atom. The molecule has 1 atom stereocenters. The molecule has 2 aromatic carbocycles. The SMILES string of the molecule is COc1ccc2ncc(F)c([C@H](O)CCC3(CC(=O)O)CCN(CC#Cc4c(F)cc(F)cc4F)CC3)c2c1. The topological polar surface area (TPSA) is 82.9 Å². The summed E-state index contributed by atoms with van der Waals surface area (Å²) in [6.45, 7) is 1.16. The zero-order chi connectivity index (χ0) is 28.2. The molecule has 1 fully saturated rings. The standard InChI is InChI=1S/C29H28F4N2O4/c1-39-19-4-5-25-21(15-19)28(24(33)17-34-25)26(36)6-7-29(16-27(37)38)8-11-35(12-9-29)10-2-3-20-22(31)13-18(30)14-23(20)32/h4-5,13-15,17,26,36H,6-12,16H2,1H3,(H,37,38)/t26-/m1/s1. The molecule has 6 nitrogen and oxygen atoms in total. The van der Waals surface area contributed by atoms with E-state index in [0.717, 1.165) is 6.20 Å². The van der Waals surface area contributed by atoms with E-state index < -0.39 is 46.3 Å². The van der Waals surface area contributed by atoms with Crippen LogP contribution < -0.4 is 4.74 Å². The van der Waals surface area contributed by atoms with E-state index in [4.69, 9.17) is 4.74 Å². The average Bonchev–Trinajstić information content (AvgIpc) is 2.89. The van der Waals surface area contributed by atoms with E-state index in [0.29, 0.717) is 61.1 Å². The lowest BCUT2D eigenvalue weighted by Gasteiger charge is -2.41. The second kappa shape index (κ2) is 12.0. The molecule has 39 heavy (non-hydrogen) atoms. The number of halogens is 4. The van der Waals surface area contributed by atoms with Gasteiger partial charge in [-0.15, -0.1) is 0 Å². The molecular weight excluding hydrogens is 516 g/mol. The number of rotatable bonds is 8. The van der Waals surface area contributed by atoms with Crippen LogP contribution >= 0.6 is 0 Å². The molecule has 4 rings (SSSR count). The Labute approximate surface area is 223 Å². The van der Waals surface area contributed by atoms with Crippen molar-refractivity contribution in [3.63, 3.8) is 0 Å². The van der Waals surface area contributed by atoms with E-state index in [-0.39, 0.29) is 24.9 Å². The van der Waals surface area contributed by atoms with Crippen molar-refractivity contribution in [2.75, 3.05) is 26.7 Å². The summed E-state index contributed by atoms with van der Waals surface area (Å²) in [6.07, 6.45) is 1.23. The number of carboxylic acids is 1. The van der Waals surface area contributed by atoms with Gasteiger partial charge in [0.1, 0.15) is 29.0 Å². The van der Waals surface area contributed by atoms with Gasteiger partial charge in [0.15, 0.2) is 0 Å². The molecule has 0 saturated carbocycles. The van der Waals surface area contributed by atoms with Gasteiger partial charge in [-0.1, -0.05) is 11.8 Å². The van der Waals surface area contributed by atoms with E-state index in [1.165, 1.54) is 7.11 Å². The first-order chi connectivity index (χ1) is 18.6. The summed E-state index contributed by atoms with van der Waals surface area (Å²) in [5.74, 6) is 0.813. The zero-order valence-corrected chi connectivity index (χ0v) is 21.3. The van der Waals surface area contributed by atoms with Crippen LogP contribution in [0, 0.1) is 40.5 Å². The van der Waals surface area contributed by atoms with Gasteiger partial charge in [0.25, 0.3) is 0 Å². The number of aliphatic hydroxyl groups excluding tert-OH is 1. The third-order valence-electron chi connectivity index (χ3n) is 7.32. The Balaban J connectivity index is 1.44. The minimum atomic E-state index is -1.18. The van der Waals surface area contributed by atoms with E-state index in [1.54, 1.807) is 18.2 Å². The fourth-order valence-electron chi connectivity index (χ4n) is 5.14. The summed E-state index contributed by atoms with van der Waals surface area (Å²) < 4.78 is 60.7. The number of fused-ring (bicyclic) bond motifs is 1. The third kappa shape index (κ3) is 6.67. The lowest BCUT2D eigenvalue weighted by molar-refractivity contribution is -0.141. The van der Waals surface area contributed by atoms with Gasteiger partial charge in [-0.25, -0.2) is 17.6 Å². The lowest BCUT2D eigenvalue weighted by atomic mass is 9.71. The van der Waals surface area contributed by atoms with Crippen molar-refractivity contribution in [1.29, 1.82) is 0 Å². The number of methoxy groups -OCH3 is 1. The number of aliphatic carboxylic acids is 1. The molecule has 1 aromatic heterocycles. The molecule has 0 bridgehead atoms. The van der Waals surface area contributed by atoms with Crippen LogP contribution in [0.3, 0.4) is 0 Å². The number of carbonyl (C=O) groups is 1. The average molecular weight is 545 g/mol. The molecule has 0 amide bonds. The monoisotopic (exact) mass is 544 g/mol. The number of ether oxygens (including phenoxy) is 1. The molecule has 1 aliphatic rings. The Bertz CT molecular complexity index is 1410. The molecule has 2 N–H and O–H groups in total. The summed E-state index contributed by atoms with van der Waals surface area (Å²) in [5, 5.41) is 21.0. The van der Waals surface area contributed by atoms with Gasteiger partial charge >= 0.3 is 5.97 Å². The van der Waals surface area contributed by atoms with Crippen LogP contribution in [-0.4, -0.2) is 52.8 Å². The highest BCUT2D eigenvalue weighted by atomic mass is 19.1. The zero-order valence-electron chi connectivity index (χ0n) is 21.3. The molecule has 1 aliphatic heterocycles. The van der Waals surface area contributed by atoms with Crippen molar-refractivity contribution in [2.24, 2.45) is 5.41 Å². The highest BCUT2D eigenvalue weighted by molar-refractivity contribution is 5.84. The Kier molecular flexibility index (Phi) is 8.73. The van der Waals surface area contributed by atoms with Gasteiger partial charge in [0.05, 0.1) is 43.5 Å². The number of carboxylic acid groups (broad SMARTS) is 1. The molecule has 2 heterocycles. The van der Waals surface area contributed by atoms with E-state index >= 15 is 0 Å². The van der Waals surface area contributed by atoms with Gasteiger partial charge in [-0.05, 0) is 62.4 Å². The van der Waals surface area contributed by atoms with Crippen LogP contribution in [0.25, 0.3) is 10.9 Å². The van der Waals surface area contributed by atoms with Gasteiger partial charge in [0, 0.05) is 23.1 Å². The molecule has 1 saturated heterocycles. The number of likely N-dealkylation sites (tertiary alicyclic amines) is 1. The number of benzene rings is 2. The number of hydrogen-bond acceptors (Lipinski definition) is 5. The maximum Gasteiger partial charge on any atom is 0.303 e. The molecule has 0 unspecified atom stereocenters. The van der Waals surface area contributed by atoms with Crippen LogP contribution in [-0.2, 0) is 4.79 Å². The maximum absolute atomic E-state index is 14.8. The normalized spacial score (nSPS) is 15.9. The second-order valence-electron chi connectivity index (χ2n) is 9.85. The summed E-state index contributed by atoms with van der Waals surface area (Å²) in [5.41, 5.74) is -0.530. The van der Waals surface area contributed by atoms with Crippen LogP contribution in [0.2, 0.25) is 0 Å². The fraction of sp³-hybridized carbons (Fsp3) is 0.379. The highest BCUT2D eigenvalue weighted by Gasteiger charge is 2.37. The van der Waals surface area contributed by atoms with Gasteiger partial charge in [-0.3, -0.25) is 14.7 Å². The van der Waals surface area contributed by atoms with Crippen LogP contribution in [0.1, 0.15) is 49.3 Å². The minimum absolute atomic E-state index is 0.0948. The Hall–Kier alpha value is -3.68. The minimum Gasteiger partial charge on any atom is -0.497 e. The van der Waals surface area contributed by atoms with Crippen molar-refractivity contribution in [2.45, 2.75) is 38.2 Å². The first-order valence-electron chi connectivity index (χ1n) is 12.5. The van der Waals surface area contributed by atoms with E-state index in [2.05, 4.69) is 16.8 Å². The van der Waals surface area contributed by atoms with Gasteiger partial charge < -0.3 is 14.9 Å².